The van der Waals surface area contributed by atoms with Crippen molar-refractivity contribution in [3.05, 3.63) is 60.4 Å². The van der Waals surface area contributed by atoms with Gasteiger partial charge < -0.3 is 19.7 Å². The summed E-state index contributed by atoms with van der Waals surface area (Å²) in [5.74, 6) is 0. The maximum atomic E-state index is 5.63. The van der Waals surface area contributed by atoms with Crippen molar-refractivity contribution in [3.63, 3.8) is 0 Å². The van der Waals surface area contributed by atoms with Crippen molar-refractivity contribution < 1.29 is 9.47 Å². The average molecular weight is 469 g/mol. The molecule has 0 unspecified atom stereocenters. The number of allylic oxidation sites excluding steroid dienone is 1. The van der Waals surface area contributed by atoms with Crippen LogP contribution in [-0.4, -0.2) is 67.8 Å². The molecular weight excluding hydrogens is 424 g/mol. The van der Waals surface area contributed by atoms with Crippen molar-refractivity contribution in [1.82, 2.24) is 20.0 Å². The SMILES string of the molecule is CCC/C=C(/c1cnn(CCOC)c1)N1CCC(CNC2CC2)(COC)CC1.c1ccccc1. The lowest BCUT2D eigenvalue weighted by atomic mass is 9.78. The predicted octanol–water partition coefficient (Wildman–Crippen LogP) is 4.84. The fourth-order valence-corrected chi connectivity index (χ4v) is 4.45. The van der Waals surface area contributed by atoms with E-state index in [1.165, 1.54) is 36.9 Å². The molecule has 1 saturated heterocycles. The molecule has 1 aliphatic carbocycles. The minimum atomic E-state index is 0.270. The molecule has 0 amide bonds. The van der Waals surface area contributed by atoms with Gasteiger partial charge in [0.1, 0.15) is 0 Å². The zero-order valence-electron chi connectivity index (χ0n) is 21.4. The second kappa shape index (κ2) is 14.3. The number of hydrogen-bond donors (Lipinski definition) is 1. The molecule has 2 aromatic rings. The Balaban J connectivity index is 0.000000469. The molecule has 1 aromatic heterocycles. The van der Waals surface area contributed by atoms with E-state index in [-0.39, 0.29) is 5.41 Å². The maximum absolute atomic E-state index is 5.63. The van der Waals surface area contributed by atoms with Crippen LogP contribution in [0.25, 0.3) is 5.70 Å². The maximum Gasteiger partial charge on any atom is 0.0658 e. The first-order valence-corrected chi connectivity index (χ1v) is 12.9. The zero-order chi connectivity index (χ0) is 24.1. The molecule has 1 N–H and O–H groups in total. The van der Waals surface area contributed by atoms with Gasteiger partial charge in [0.05, 0.1) is 26.0 Å². The summed E-state index contributed by atoms with van der Waals surface area (Å²) < 4.78 is 12.8. The molecule has 34 heavy (non-hydrogen) atoms. The van der Waals surface area contributed by atoms with E-state index >= 15 is 0 Å². The van der Waals surface area contributed by atoms with E-state index < -0.39 is 0 Å². The van der Waals surface area contributed by atoms with Gasteiger partial charge in [-0.1, -0.05) is 55.8 Å². The third-order valence-electron chi connectivity index (χ3n) is 6.70. The Labute approximate surface area is 206 Å². The van der Waals surface area contributed by atoms with Crippen LogP contribution in [-0.2, 0) is 16.0 Å². The van der Waals surface area contributed by atoms with Crippen LogP contribution < -0.4 is 5.32 Å². The van der Waals surface area contributed by atoms with Crippen molar-refractivity contribution in [2.75, 3.05) is 47.1 Å². The summed E-state index contributed by atoms with van der Waals surface area (Å²) in [4.78, 5) is 2.55. The summed E-state index contributed by atoms with van der Waals surface area (Å²) in [5.41, 5.74) is 2.83. The number of likely N-dealkylation sites (tertiary alicyclic amines) is 1. The third-order valence-corrected chi connectivity index (χ3v) is 6.70. The zero-order valence-corrected chi connectivity index (χ0v) is 21.4. The Bertz CT molecular complexity index is 797. The van der Waals surface area contributed by atoms with Gasteiger partial charge in [-0.15, -0.1) is 0 Å². The Morgan fingerprint density at radius 1 is 1.09 bits per heavy atom. The minimum Gasteiger partial charge on any atom is -0.384 e. The van der Waals surface area contributed by atoms with Gasteiger partial charge >= 0.3 is 0 Å². The Hall–Kier alpha value is -2.15. The molecule has 0 bridgehead atoms. The highest BCUT2D eigenvalue weighted by Crippen LogP contribution is 2.35. The third kappa shape index (κ3) is 8.57. The molecule has 4 rings (SSSR count). The summed E-state index contributed by atoms with van der Waals surface area (Å²) in [5, 5.41) is 8.28. The van der Waals surface area contributed by atoms with Crippen molar-refractivity contribution >= 4 is 5.70 Å². The Morgan fingerprint density at radius 3 is 2.32 bits per heavy atom. The lowest BCUT2D eigenvalue weighted by molar-refractivity contribution is 0.0345. The van der Waals surface area contributed by atoms with Gasteiger partial charge in [-0.25, -0.2) is 0 Å². The Kier molecular flexibility index (Phi) is 11.1. The second-order valence-corrected chi connectivity index (χ2v) is 9.59. The van der Waals surface area contributed by atoms with Crippen LogP contribution in [0.5, 0.6) is 0 Å². The van der Waals surface area contributed by atoms with Crippen LogP contribution in [0.2, 0.25) is 0 Å². The molecule has 6 nitrogen and oxygen atoms in total. The van der Waals surface area contributed by atoms with Gasteiger partial charge in [0.15, 0.2) is 0 Å². The second-order valence-electron chi connectivity index (χ2n) is 9.59. The van der Waals surface area contributed by atoms with E-state index in [9.17, 15) is 0 Å². The molecule has 2 aliphatic rings. The summed E-state index contributed by atoms with van der Waals surface area (Å²) in [6.45, 7) is 7.81. The van der Waals surface area contributed by atoms with E-state index in [4.69, 9.17) is 9.47 Å². The van der Waals surface area contributed by atoms with E-state index in [0.717, 1.165) is 51.7 Å². The first kappa shape index (κ1) is 26.5. The molecular formula is C28H44N4O2. The number of unbranched alkanes of at least 4 members (excludes halogenated alkanes) is 1. The van der Waals surface area contributed by atoms with Crippen LogP contribution >= 0.6 is 0 Å². The predicted molar refractivity (Wildman–Crippen MR) is 140 cm³/mol. The first-order valence-electron chi connectivity index (χ1n) is 12.9. The molecule has 0 spiro atoms. The Morgan fingerprint density at radius 2 is 1.76 bits per heavy atom. The molecule has 0 radical (unpaired) electrons. The van der Waals surface area contributed by atoms with Gasteiger partial charge in [-0.05, 0) is 32.1 Å². The number of methoxy groups -OCH3 is 2. The van der Waals surface area contributed by atoms with E-state index in [2.05, 4.69) is 34.5 Å². The minimum absolute atomic E-state index is 0.270. The first-order chi connectivity index (χ1) is 16.7. The number of piperidine rings is 1. The fourth-order valence-electron chi connectivity index (χ4n) is 4.45. The van der Waals surface area contributed by atoms with Crippen LogP contribution in [0.1, 0.15) is 51.0 Å². The van der Waals surface area contributed by atoms with Crippen molar-refractivity contribution in [2.45, 2.75) is 58.0 Å². The molecule has 1 aliphatic heterocycles. The van der Waals surface area contributed by atoms with Gasteiger partial charge in [-0.2, -0.15) is 5.10 Å². The highest BCUT2D eigenvalue weighted by Gasteiger charge is 2.37. The highest BCUT2D eigenvalue weighted by molar-refractivity contribution is 5.63. The quantitative estimate of drug-likeness (QED) is 0.483. The standard InChI is InChI=1S/C22H38N4O2.C6H6/c1-4-5-6-21(19-15-24-26(16-19)13-14-27-2)25-11-9-22(10-12-25,18-28-3)17-23-20-7-8-20;1-2-4-6-5-3-1/h6,15-16,20,23H,4-5,7-14,17-18H2,1-3H3;1-6H/b21-6-;. The number of nitrogens with zero attached hydrogens (tertiary/aromatic N) is 3. The molecule has 2 heterocycles. The van der Waals surface area contributed by atoms with Crippen LogP contribution in [0.3, 0.4) is 0 Å². The molecule has 1 aromatic carbocycles. The average Bonchev–Trinajstić information content (AvgIpc) is 3.61. The number of aromatic nitrogens is 2. The number of benzene rings is 1. The fraction of sp³-hybridized carbons (Fsp3) is 0.607. The van der Waals surface area contributed by atoms with Gasteiger partial charge in [0, 0.05) is 62.8 Å². The van der Waals surface area contributed by atoms with Crippen molar-refractivity contribution in [3.8, 4) is 0 Å². The lowest BCUT2D eigenvalue weighted by Gasteiger charge is -2.43. The van der Waals surface area contributed by atoms with Crippen LogP contribution in [0.15, 0.2) is 54.9 Å². The molecule has 2 fully saturated rings. The van der Waals surface area contributed by atoms with Crippen LogP contribution in [0, 0.1) is 5.41 Å². The van der Waals surface area contributed by atoms with Crippen LogP contribution in [0.4, 0.5) is 0 Å². The highest BCUT2D eigenvalue weighted by atomic mass is 16.5. The molecule has 0 atom stereocenters. The summed E-state index contributed by atoms with van der Waals surface area (Å²) >= 11 is 0. The monoisotopic (exact) mass is 468 g/mol. The smallest absolute Gasteiger partial charge is 0.0658 e. The number of rotatable bonds is 12. The lowest BCUT2D eigenvalue weighted by Crippen LogP contribution is -2.47. The van der Waals surface area contributed by atoms with Crippen molar-refractivity contribution in [1.29, 1.82) is 0 Å². The van der Waals surface area contributed by atoms with Gasteiger partial charge in [0.2, 0.25) is 0 Å². The van der Waals surface area contributed by atoms with E-state index in [1.54, 1.807) is 7.11 Å². The number of nitrogens with one attached hydrogen (secondary N) is 1. The number of ether oxygens (including phenoxy) is 2. The molecule has 6 heteroatoms. The topological polar surface area (TPSA) is 51.5 Å². The van der Waals surface area contributed by atoms with E-state index in [0.29, 0.717) is 6.61 Å². The van der Waals surface area contributed by atoms with E-state index in [1.807, 2.05) is 54.4 Å². The van der Waals surface area contributed by atoms with Gasteiger partial charge in [-0.3, -0.25) is 4.68 Å². The molecule has 1 saturated carbocycles. The summed E-state index contributed by atoms with van der Waals surface area (Å²) in [7, 11) is 3.57. The van der Waals surface area contributed by atoms with Crippen molar-refractivity contribution in [2.24, 2.45) is 5.41 Å². The summed E-state index contributed by atoms with van der Waals surface area (Å²) in [6.07, 6.45) is 13.8. The summed E-state index contributed by atoms with van der Waals surface area (Å²) in [6, 6.07) is 12.8. The molecule has 188 valence electrons. The normalized spacial score (nSPS) is 17.9. The largest absolute Gasteiger partial charge is 0.384 e. The number of hydrogen-bond acceptors (Lipinski definition) is 5. The van der Waals surface area contributed by atoms with Gasteiger partial charge in [0.25, 0.3) is 0 Å².